The molecule has 1 heterocycles. The van der Waals surface area contributed by atoms with Crippen LogP contribution in [-0.4, -0.2) is 20.9 Å². The Morgan fingerprint density at radius 3 is 2.14 bits per heavy atom. The maximum Gasteiger partial charge on any atom is 0.504 e. The molecule has 14 heavy (non-hydrogen) atoms. The fraction of sp³-hybridized carbons (Fsp3) is 0.429. The summed E-state index contributed by atoms with van der Waals surface area (Å²) in [5, 5.41) is 11.7. The Balaban J connectivity index is 3.39. The van der Waals surface area contributed by atoms with Crippen LogP contribution in [0.4, 0.5) is 13.2 Å². The fourth-order valence-corrected chi connectivity index (χ4v) is 1.20. The molecule has 1 aromatic heterocycles. The number of halogens is 3. The fourth-order valence-electron chi connectivity index (χ4n) is 1.20. The van der Waals surface area contributed by atoms with Crippen LogP contribution in [0, 0.1) is 13.8 Å². The molecular weight excluding hydrogens is 201 g/mol. The molecule has 0 amide bonds. The zero-order valence-electron chi connectivity index (χ0n) is 7.38. The second-order valence-electron chi connectivity index (χ2n) is 2.73. The van der Waals surface area contributed by atoms with Crippen molar-refractivity contribution in [3.05, 3.63) is 17.0 Å². The van der Waals surface area contributed by atoms with Crippen molar-refractivity contribution in [1.29, 1.82) is 0 Å². The van der Waals surface area contributed by atoms with Crippen LogP contribution in [0.3, 0.4) is 0 Å². The van der Waals surface area contributed by atoms with Gasteiger partial charge >= 0.3 is 12.3 Å². The summed E-state index contributed by atoms with van der Waals surface area (Å²) in [6.07, 6.45) is -4.68. The van der Waals surface area contributed by atoms with E-state index in [9.17, 15) is 18.0 Å². The van der Waals surface area contributed by atoms with Crippen LogP contribution in [0.15, 0.2) is 0 Å². The number of carbonyl (C=O) groups is 1. The van der Waals surface area contributed by atoms with E-state index < -0.39 is 23.5 Å². The van der Waals surface area contributed by atoms with E-state index in [4.69, 9.17) is 5.11 Å². The second kappa shape index (κ2) is 3.00. The first-order valence-electron chi connectivity index (χ1n) is 3.62. The Kier molecular flexibility index (Phi) is 2.26. The number of rotatable bonds is 1. The van der Waals surface area contributed by atoms with Gasteiger partial charge in [-0.2, -0.15) is 9.78 Å². The largest absolute Gasteiger partial charge is 0.504 e. The highest BCUT2D eigenvalue weighted by Crippen LogP contribution is 2.26. The Hall–Kier alpha value is -1.53. The van der Waals surface area contributed by atoms with Crippen molar-refractivity contribution < 1.29 is 23.1 Å². The third kappa shape index (κ3) is 1.57. The Morgan fingerprint density at radius 1 is 1.43 bits per heavy atom. The van der Waals surface area contributed by atoms with Crippen molar-refractivity contribution in [3.63, 3.8) is 0 Å². The Bertz CT molecular complexity index is 381. The van der Waals surface area contributed by atoms with E-state index >= 15 is 0 Å². The van der Waals surface area contributed by atoms with Crippen LogP contribution >= 0.6 is 0 Å². The minimum atomic E-state index is -4.68. The van der Waals surface area contributed by atoms with Crippen molar-refractivity contribution in [2.24, 2.45) is 0 Å². The Labute approximate surface area is 77.0 Å². The smallest absolute Gasteiger partial charge is 0.478 e. The molecule has 0 atom stereocenters. The molecule has 0 aliphatic rings. The van der Waals surface area contributed by atoms with E-state index in [1.54, 1.807) is 0 Å². The monoisotopic (exact) mass is 208 g/mol. The standard InChI is InChI=1S/C7H7F3N2O2/c1-3-5(6(13)14)4(2)12(11-3)7(8,9)10/h1-2H3,(H,13,14). The number of nitrogens with zero attached hydrogens (tertiary/aromatic N) is 2. The first kappa shape index (κ1) is 10.6. The van der Waals surface area contributed by atoms with Crippen molar-refractivity contribution in [2.75, 3.05) is 0 Å². The summed E-state index contributed by atoms with van der Waals surface area (Å²) in [4.78, 5) is 10.6. The predicted octanol–water partition coefficient (Wildman–Crippen LogP) is 1.67. The van der Waals surface area contributed by atoms with E-state index in [0.29, 0.717) is 0 Å². The van der Waals surface area contributed by atoms with Gasteiger partial charge in [-0.15, -0.1) is 13.2 Å². The van der Waals surface area contributed by atoms with Crippen molar-refractivity contribution in [3.8, 4) is 0 Å². The lowest BCUT2D eigenvalue weighted by Crippen LogP contribution is -2.20. The second-order valence-corrected chi connectivity index (χ2v) is 2.73. The molecule has 0 bridgehead atoms. The van der Waals surface area contributed by atoms with E-state index in [2.05, 4.69) is 5.10 Å². The normalized spacial score (nSPS) is 11.8. The molecule has 0 unspecified atom stereocenters. The molecule has 0 aromatic carbocycles. The van der Waals surface area contributed by atoms with E-state index in [-0.39, 0.29) is 10.4 Å². The molecule has 0 spiro atoms. The number of aromatic carboxylic acids is 1. The van der Waals surface area contributed by atoms with Gasteiger partial charge in [0.15, 0.2) is 0 Å². The molecule has 0 fully saturated rings. The van der Waals surface area contributed by atoms with Gasteiger partial charge in [-0.05, 0) is 13.8 Å². The Morgan fingerprint density at radius 2 is 1.93 bits per heavy atom. The highest BCUT2D eigenvalue weighted by molar-refractivity contribution is 5.90. The first-order chi connectivity index (χ1) is 6.25. The van der Waals surface area contributed by atoms with Gasteiger partial charge in [-0.3, -0.25) is 0 Å². The number of hydrogen-bond acceptors (Lipinski definition) is 2. The van der Waals surface area contributed by atoms with Gasteiger partial charge < -0.3 is 5.11 Å². The summed E-state index contributed by atoms with van der Waals surface area (Å²) in [5.41, 5.74) is -0.961. The molecule has 0 saturated carbocycles. The summed E-state index contributed by atoms with van der Waals surface area (Å²) in [6, 6.07) is 0. The molecular formula is C7H7F3N2O2. The maximum absolute atomic E-state index is 12.2. The predicted molar refractivity (Wildman–Crippen MR) is 40.0 cm³/mol. The quantitative estimate of drug-likeness (QED) is 0.763. The third-order valence-corrected chi connectivity index (χ3v) is 1.75. The van der Waals surface area contributed by atoms with Gasteiger partial charge in [0, 0.05) is 0 Å². The summed E-state index contributed by atoms with van der Waals surface area (Å²) < 4.78 is 36.4. The molecule has 4 nitrogen and oxygen atoms in total. The molecule has 0 radical (unpaired) electrons. The number of alkyl halides is 3. The maximum atomic E-state index is 12.2. The number of aromatic nitrogens is 2. The SMILES string of the molecule is Cc1nn(C(F)(F)F)c(C)c1C(=O)O. The zero-order chi connectivity index (χ0) is 11.1. The van der Waals surface area contributed by atoms with Gasteiger partial charge in [0.1, 0.15) is 5.56 Å². The molecule has 78 valence electrons. The number of carboxylic acid groups (broad SMARTS) is 1. The lowest BCUT2D eigenvalue weighted by Gasteiger charge is -2.07. The molecule has 0 saturated heterocycles. The molecule has 1 rings (SSSR count). The van der Waals surface area contributed by atoms with Crippen LogP contribution in [0.2, 0.25) is 0 Å². The van der Waals surface area contributed by atoms with Crippen molar-refractivity contribution >= 4 is 5.97 Å². The van der Waals surface area contributed by atoms with E-state index in [0.717, 1.165) is 6.92 Å². The van der Waals surface area contributed by atoms with Crippen LogP contribution in [0.25, 0.3) is 0 Å². The molecule has 1 aromatic rings. The molecule has 7 heteroatoms. The van der Waals surface area contributed by atoms with Gasteiger partial charge in [0.25, 0.3) is 0 Å². The third-order valence-electron chi connectivity index (χ3n) is 1.75. The highest BCUT2D eigenvalue weighted by atomic mass is 19.4. The topological polar surface area (TPSA) is 55.1 Å². The average molecular weight is 208 g/mol. The van der Waals surface area contributed by atoms with Crippen molar-refractivity contribution in [1.82, 2.24) is 9.78 Å². The van der Waals surface area contributed by atoms with Gasteiger partial charge in [-0.25, -0.2) is 4.79 Å². The van der Waals surface area contributed by atoms with Gasteiger partial charge in [-0.1, -0.05) is 0 Å². The lowest BCUT2D eigenvalue weighted by atomic mass is 10.2. The van der Waals surface area contributed by atoms with Crippen LogP contribution < -0.4 is 0 Å². The first-order valence-corrected chi connectivity index (χ1v) is 3.62. The number of carboxylic acids is 1. The summed E-state index contributed by atoms with van der Waals surface area (Å²) in [5.74, 6) is -1.41. The number of hydrogen-bond donors (Lipinski definition) is 1. The van der Waals surface area contributed by atoms with Crippen LogP contribution in [0.5, 0.6) is 0 Å². The zero-order valence-corrected chi connectivity index (χ0v) is 7.38. The van der Waals surface area contributed by atoms with E-state index in [1.165, 1.54) is 6.92 Å². The minimum absolute atomic E-state index is 0.146. The van der Waals surface area contributed by atoms with E-state index in [1.807, 2.05) is 0 Å². The lowest BCUT2D eigenvalue weighted by molar-refractivity contribution is -0.213. The van der Waals surface area contributed by atoms with Crippen LogP contribution in [-0.2, 0) is 6.30 Å². The molecule has 0 aliphatic heterocycles. The van der Waals surface area contributed by atoms with Crippen molar-refractivity contribution in [2.45, 2.75) is 20.1 Å². The van der Waals surface area contributed by atoms with Crippen LogP contribution in [0.1, 0.15) is 21.7 Å². The highest BCUT2D eigenvalue weighted by Gasteiger charge is 2.36. The average Bonchev–Trinajstić information content (AvgIpc) is 2.24. The summed E-state index contributed by atoms with van der Waals surface area (Å²) >= 11 is 0. The minimum Gasteiger partial charge on any atom is -0.478 e. The molecule has 1 N–H and O–H groups in total. The summed E-state index contributed by atoms with van der Waals surface area (Å²) in [6.45, 7) is 2.29. The number of aryl methyl sites for hydroxylation is 1. The van der Waals surface area contributed by atoms with Gasteiger partial charge in [0.05, 0.1) is 11.4 Å². The molecule has 0 aliphatic carbocycles. The van der Waals surface area contributed by atoms with Gasteiger partial charge in [0.2, 0.25) is 0 Å². The summed E-state index contributed by atoms with van der Waals surface area (Å²) in [7, 11) is 0.